The summed E-state index contributed by atoms with van der Waals surface area (Å²) in [6.45, 7) is -2.33. The molecule has 0 spiro atoms. The van der Waals surface area contributed by atoms with E-state index < -0.39 is 24.4 Å². The van der Waals surface area contributed by atoms with Gasteiger partial charge in [-0.2, -0.15) is 8.78 Å². The molecule has 4 heterocycles. The molecule has 1 amide bonds. The van der Waals surface area contributed by atoms with Gasteiger partial charge in [0.1, 0.15) is 22.9 Å². The van der Waals surface area contributed by atoms with Crippen molar-refractivity contribution in [3.63, 3.8) is 0 Å². The van der Waals surface area contributed by atoms with Gasteiger partial charge >= 0.3 is 6.61 Å². The average molecular weight is 483 g/mol. The number of piperidine rings is 1. The van der Waals surface area contributed by atoms with Crippen LogP contribution in [0.1, 0.15) is 40.4 Å². The summed E-state index contributed by atoms with van der Waals surface area (Å²) in [5, 5.41) is 0. The average Bonchev–Trinajstić information content (AvgIpc) is 3.33. The number of carbonyl (C=O) groups is 1. The summed E-state index contributed by atoms with van der Waals surface area (Å²) in [5.41, 5.74) is 8.64. The van der Waals surface area contributed by atoms with Crippen molar-refractivity contribution in [1.82, 2.24) is 19.3 Å². The highest BCUT2D eigenvalue weighted by atomic mass is 19.3. The van der Waals surface area contributed by atoms with Gasteiger partial charge < -0.3 is 20.1 Å². The smallest absolute Gasteiger partial charge is 0.387 e. The number of amides is 1. The molecule has 1 saturated heterocycles. The minimum atomic E-state index is -2.94. The molecule has 6 rings (SSSR count). The zero-order chi connectivity index (χ0) is 24.3. The van der Waals surface area contributed by atoms with Crippen molar-refractivity contribution in [2.45, 2.75) is 38.2 Å². The van der Waals surface area contributed by atoms with Gasteiger partial charge in [-0.05, 0) is 42.2 Å². The van der Waals surface area contributed by atoms with Crippen LogP contribution < -0.4 is 10.5 Å². The topological polar surface area (TPSA) is 95.0 Å². The first kappa shape index (κ1) is 21.7. The Labute approximate surface area is 197 Å². The Morgan fingerprint density at radius 3 is 2.91 bits per heavy atom. The molecule has 2 unspecified atom stereocenters. The molecule has 2 N–H and O–H groups in total. The van der Waals surface area contributed by atoms with Crippen molar-refractivity contribution in [3.8, 4) is 5.75 Å². The highest BCUT2D eigenvalue weighted by molar-refractivity contribution is 5.99. The number of hydrogen-bond acceptors (Lipinski definition) is 6. The summed E-state index contributed by atoms with van der Waals surface area (Å²) in [4.78, 5) is 23.6. The molecule has 2 atom stereocenters. The number of nitrogen functional groups attached to an aromatic ring is 1. The molecule has 180 valence electrons. The van der Waals surface area contributed by atoms with Crippen molar-refractivity contribution >= 4 is 28.3 Å². The van der Waals surface area contributed by atoms with Crippen LogP contribution in [0.5, 0.6) is 5.75 Å². The van der Waals surface area contributed by atoms with Crippen LogP contribution >= 0.6 is 0 Å². The maximum absolute atomic E-state index is 15.2. The van der Waals surface area contributed by atoms with E-state index in [2.05, 4.69) is 14.7 Å². The normalized spacial score (nSPS) is 19.7. The third kappa shape index (κ3) is 3.54. The number of carbonyl (C=O) groups excluding carboxylic acids is 1. The number of ether oxygens (including phenoxy) is 2. The van der Waals surface area contributed by atoms with E-state index in [9.17, 15) is 13.6 Å². The number of halogens is 3. The van der Waals surface area contributed by atoms with E-state index in [0.29, 0.717) is 35.1 Å². The number of anilines is 1. The summed E-state index contributed by atoms with van der Waals surface area (Å²) >= 11 is 0. The molecule has 35 heavy (non-hydrogen) atoms. The minimum Gasteiger partial charge on any atom is -0.435 e. The SMILES string of the molecule is Nc1nc2cc(F)c(C(=O)N3CCCC4OCc5cc(OC(F)F)ccc5C43)cc2n2cncc12. The zero-order valence-electron chi connectivity index (χ0n) is 18.3. The molecule has 0 bridgehead atoms. The second kappa shape index (κ2) is 8.12. The van der Waals surface area contributed by atoms with Crippen LogP contribution in [-0.2, 0) is 11.3 Å². The number of fused-ring (bicyclic) bond motifs is 6. The van der Waals surface area contributed by atoms with E-state index in [0.717, 1.165) is 12.0 Å². The summed E-state index contributed by atoms with van der Waals surface area (Å²) in [7, 11) is 0. The highest BCUT2D eigenvalue weighted by Gasteiger charge is 2.41. The van der Waals surface area contributed by atoms with Crippen LogP contribution in [0.25, 0.3) is 16.6 Å². The lowest BCUT2D eigenvalue weighted by Gasteiger charge is -2.44. The molecule has 2 aliphatic rings. The van der Waals surface area contributed by atoms with Crippen LogP contribution in [0.2, 0.25) is 0 Å². The van der Waals surface area contributed by atoms with E-state index in [1.165, 1.54) is 30.6 Å². The number of rotatable bonds is 3. The summed E-state index contributed by atoms with van der Waals surface area (Å²) in [5.74, 6) is -0.980. The second-order valence-corrected chi connectivity index (χ2v) is 8.64. The van der Waals surface area contributed by atoms with Crippen molar-refractivity contribution in [3.05, 3.63) is 65.4 Å². The van der Waals surface area contributed by atoms with Crippen LogP contribution in [0.15, 0.2) is 42.9 Å². The Morgan fingerprint density at radius 2 is 2.09 bits per heavy atom. The molecule has 2 aliphatic heterocycles. The number of alkyl halides is 2. The molecule has 2 aromatic carbocycles. The Balaban J connectivity index is 1.42. The second-order valence-electron chi connectivity index (χ2n) is 8.64. The number of likely N-dealkylation sites (tertiary alicyclic amines) is 1. The van der Waals surface area contributed by atoms with E-state index in [1.807, 2.05) is 0 Å². The molecule has 8 nitrogen and oxygen atoms in total. The summed E-state index contributed by atoms with van der Waals surface area (Å²) < 4.78 is 52.7. The molecule has 11 heteroatoms. The van der Waals surface area contributed by atoms with Gasteiger partial charge in [-0.1, -0.05) is 6.07 Å². The van der Waals surface area contributed by atoms with Crippen molar-refractivity contribution in [2.24, 2.45) is 0 Å². The molecular weight excluding hydrogens is 463 g/mol. The summed E-state index contributed by atoms with van der Waals surface area (Å²) in [6, 6.07) is 6.80. The monoisotopic (exact) mass is 483 g/mol. The summed E-state index contributed by atoms with van der Waals surface area (Å²) in [6.07, 6.45) is 4.20. The van der Waals surface area contributed by atoms with Crippen LogP contribution in [0, 0.1) is 5.82 Å². The van der Waals surface area contributed by atoms with Gasteiger partial charge in [0.25, 0.3) is 5.91 Å². The van der Waals surface area contributed by atoms with Gasteiger partial charge in [0.05, 0.1) is 47.9 Å². The van der Waals surface area contributed by atoms with Gasteiger partial charge in [-0.15, -0.1) is 0 Å². The van der Waals surface area contributed by atoms with Crippen molar-refractivity contribution in [2.75, 3.05) is 12.3 Å². The minimum absolute atomic E-state index is 0.0196. The molecule has 4 aromatic rings. The quantitative estimate of drug-likeness (QED) is 0.472. The first-order valence-electron chi connectivity index (χ1n) is 11.1. The third-order valence-electron chi connectivity index (χ3n) is 6.64. The fourth-order valence-corrected chi connectivity index (χ4v) is 5.12. The molecule has 1 fully saturated rings. The third-order valence-corrected chi connectivity index (χ3v) is 6.64. The lowest BCUT2D eigenvalue weighted by molar-refractivity contribution is -0.0591. The van der Waals surface area contributed by atoms with Gasteiger partial charge in [0.2, 0.25) is 0 Å². The fraction of sp³-hybridized carbons (Fsp3) is 0.292. The van der Waals surface area contributed by atoms with Gasteiger partial charge in [0, 0.05) is 12.6 Å². The number of imidazole rings is 1. The van der Waals surface area contributed by atoms with Crippen LogP contribution in [0.4, 0.5) is 19.0 Å². The Morgan fingerprint density at radius 1 is 1.23 bits per heavy atom. The Hall–Kier alpha value is -3.86. The van der Waals surface area contributed by atoms with Gasteiger partial charge in [0.15, 0.2) is 0 Å². The molecule has 0 aliphatic carbocycles. The van der Waals surface area contributed by atoms with Crippen LogP contribution in [0.3, 0.4) is 0 Å². The molecule has 0 radical (unpaired) electrons. The standard InChI is InChI=1S/C24H20F3N5O3/c25-16-8-17-18(32-11-29-9-19(32)22(28)30-17)7-15(16)23(33)31-5-1-2-20-21(31)14-4-3-13(35-24(26)27)6-12(14)10-34-20/h3-4,6-9,11,20-21,24H,1-2,5,10H2,(H2,28,30). The zero-order valence-corrected chi connectivity index (χ0v) is 18.3. The fourth-order valence-electron chi connectivity index (χ4n) is 5.12. The Kier molecular flexibility index (Phi) is 5.03. The molecule has 0 saturated carbocycles. The van der Waals surface area contributed by atoms with Gasteiger partial charge in [-0.25, -0.2) is 14.4 Å². The lowest BCUT2D eigenvalue weighted by Crippen LogP contribution is -2.48. The van der Waals surface area contributed by atoms with Gasteiger partial charge in [-0.3, -0.25) is 9.20 Å². The first-order valence-corrected chi connectivity index (χ1v) is 11.1. The van der Waals surface area contributed by atoms with E-state index in [1.54, 1.807) is 21.6 Å². The maximum atomic E-state index is 15.2. The number of nitrogens with zero attached hydrogens (tertiary/aromatic N) is 4. The predicted molar refractivity (Wildman–Crippen MR) is 120 cm³/mol. The number of hydrogen-bond donors (Lipinski definition) is 1. The largest absolute Gasteiger partial charge is 0.435 e. The maximum Gasteiger partial charge on any atom is 0.387 e. The Bertz CT molecular complexity index is 1470. The van der Waals surface area contributed by atoms with Crippen molar-refractivity contribution < 1.29 is 27.4 Å². The number of nitrogens with two attached hydrogens (primary N) is 1. The van der Waals surface area contributed by atoms with E-state index >= 15 is 4.39 Å². The first-order chi connectivity index (χ1) is 16.9. The molecular formula is C24H20F3N5O3. The molecule has 2 aromatic heterocycles. The van der Waals surface area contributed by atoms with Crippen LogP contribution in [-0.4, -0.2) is 44.4 Å². The lowest BCUT2D eigenvalue weighted by atomic mass is 9.87. The van der Waals surface area contributed by atoms with E-state index in [4.69, 9.17) is 10.5 Å². The predicted octanol–water partition coefficient (Wildman–Crippen LogP) is 4.08. The van der Waals surface area contributed by atoms with Crippen molar-refractivity contribution in [1.29, 1.82) is 0 Å². The number of aromatic nitrogens is 3. The number of benzene rings is 2. The highest BCUT2D eigenvalue weighted by Crippen LogP contribution is 2.41. The van der Waals surface area contributed by atoms with E-state index in [-0.39, 0.29) is 29.8 Å².